The van der Waals surface area contributed by atoms with E-state index in [0.717, 1.165) is 13.0 Å². The van der Waals surface area contributed by atoms with Gasteiger partial charge in [0.2, 0.25) is 0 Å². The van der Waals surface area contributed by atoms with Gasteiger partial charge in [-0.2, -0.15) is 5.26 Å². The van der Waals surface area contributed by atoms with Crippen LogP contribution in [0, 0.1) is 16.7 Å². The molecule has 0 aromatic rings. The van der Waals surface area contributed by atoms with Gasteiger partial charge in [0.05, 0.1) is 17.6 Å². The van der Waals surface area contributed by atoms with E-state index in [9.17, 15) is 0 Å². The Balaban J connectivity index is 2.30. The maximum atomic E-state index is 8.91. The van der Waals surface area contributed by atoms with E-state index in [1.807, 2.05) is 13.8 Å². The molecule has 3 nitrogen and oxygen atoms in total. The minimum absolute atomic E-state index is 0.264. The smallest absolute Gasteiger partial charge is 0.0697 e. The first-order valence-electron chi connectivity index (χ1n) is 5.75. The van der Waals surface area contributed by atoms with Gasteiger partial charge in [0, 0.05) is 19.7 Å². The molecule has 1 N–H and O–H groups in total. The lowest BCUT2D eigenvalue weighted by molar-refractivity contribution is 0.0579. The number of nitrogens with one attached hydrogen (secondary N) is 1. The van der Waals surface area contributed by atoms with E-state index in [-0.39, 0.29) is 5.41 Å². The summed E-state index contributed by atoms with van der Waals surface area (Å²) in [7, 11) is 1.78. The molecule has 0 aliphatic heterocycles. The van der Waals surface area contributed by atoms with Crippen molar-refractivity contribution in [2.45, 2.75) is 51.7 Å². The van der Waals surface area contributed by atoms with Crippen LogP contribution in [0.15, 0.2) is 0 Å². The fourth-order valence-electron chi connectivity index (χ4n) is 1.98. The monoisotopic (exact) mass is 210 g/mol. The lowest BCUT2D eigenvalue weighted by Gasteiger charge is -2.30. The Hall–Kier alpha value is -0.590. The molecule has 1 aliphatic carbocycles. The molecule has 1 fully saturated rings. The first kappa shape index (κ1) is 12.5. The van der Waals surface area contributed by atoms with Crippen LogP contribution in [-0.2, 0) is 4.74 Å². The van der Waals surface area contributed by atoms with Gasteiger partial charge < -0.3 is 10.1 Å². The molecule has 2 unspecified atom stereocenters. The Morgan fingerprint density at radius 2 is 2.20 bits per heavy atom. The largest absolute Gasteiger partial charge is 0.381 e. The van der Waals surface area contributed by atoms with Gasteiger partial charge in [-0.15, -0.1) is 0 Å². The number of rotatable bonds is 4. The molecule has 0 radical (unpaired) electrons. The summed E-state index contributed by atoms with van der Waals surface area (Å²) in [6.07, 6.45) is 5.10. The van der Waals surface area contributed by atoms with Crippen molar-refractivity contribution < 1.29 is 4.74 Å². The molecule has 0 saturated heterocycles. The number of nitriles is 1. The molecule has 0 aromatic carbocycles. The van der Waals surface area contributed by atoms with Crippen molar-refractivity contribution in [3.63, 3.8) is 0 Å². The van der Waals surface area contributed by atoms with Gasteiger partial charge in [-0.3, -0.25) is 0 Å². The van der Waals surface area contributed by atoms with Crippen molar-refractivity contribution in [3.8, 4) is 6.07 Å². The molecule has 3 heteroatoms. The third-order valence-corrected chi connectivity index (χ3v) is 3.09. The van der Waals surface area contributed by atoms with Gasteiger partial charge >= 0.3 is 0 Å². The average Bonchev–Trinajstić information content (AvgIpc) is 2.27. The zero-order valence-corrected chi connectivity index (χ0v) is 10.0. The standard InChI is InChI=1S/C12H22N2O/c1-12(2,8-13)9-14-10-5-4-6-11(7-10)15-3/h10-11,14H,4-7,9H2,1-3H3. The van der Waals surface area contributed by atoms with Crippen molar-refractivity contribution in [1.29, 1.82) is 5.26 Å². The molecular formula is C12H22N2O. The maximum absolute atomic E-state index is 8.91. The lowest BCUT2D eigenvalue weighted by atomic mass is 9.90. The number of nitrogens with zero attached hydrogens (tertiary/aromatic N) is 1. The number of ether oxygens (including phenoxy) is 1. The maximum Gasteiger partial charge on any atom is 0.0697 e. The molecule has 15 heavy (non-hydrogen) atoms. The van der Waals surface area contributed by atoms with Crippen molar-refractivity contribution in [2.75, 3.05) is 13.7 Å². The lowest BCUT2D eigenvalue weighted by Crippen LogP contribution is -2.40. The fourth-order valence-corrected chi connectivity index (χ4v) is 1.98. The Bertz CT molecular complexity index is 232. The predicted molar refractivity (Wildman–Crippen MR) is 60.4 cm³/mol. The Labute approximate surface area is 92.8 Å². The second-order valence-electron chi connectivity index (χ2n) is 5.10. The van der Waals surface area contributed by atoms with Crippen molar-refractivity contribution in [1.82, 2.24) is 5.32 Å². The van der Waals surface area contributed by atoms with E-state index >= 15 is 0 Å². The third kappa shape index (κ3) is 4.19. The summed E-state index contributed by atoms with van der Waals surface area (Å²) in [4.78, 5) is 0. The molecule has 1 aliphatic rings. The van der Waals surface area contributed by atoms with Crippen LogP contribution in [-0.4, -0.2) is 25.8 Å². The van der Waals surface area contributed by atoms with Crippen molar-refractivity contribution in [2.24, 2.45) is 5.41 Å². The molecule has 1 rings (SSSR count). The van der Waals surface area contributed by atoms with Gasteiger partial charge in [-0.05, 0) is 39.5 Å². The minimum atomic E-state index is -0.264. The van der Waals surface area contributed by atoms with Crippen LogP contribution in [0.25, 0.3) is 0 Å². The SMILES string of the molecule is COC1CCCC(NCC(C)(C)C#N)C1. The molecule has 86 valence electrons. The summed E-state index contributed by atoms with van der Waals surface area (Å²) < 4.78 is 5.37. The van der Waals surface area contributed by atoms with Crippen molar-refractivity contribution in [3.05, 3.63) is 0 Å². The number of methoxy groups -OCH3 is 1. The fraction of sp³-hybridized carbons (Fsp3) is 0.917. The third-order valence-electron chi connectivity index (χ3n) is 3.09. The normalized spacial score (nSPS) is 27.3. The zero-order chi connectivity index (χ0) is 11.3. The van der Waals surface area contributed by atoms with Crippen LogP contribution in [0.3, 0.4) is 0 Å². The van der Waals surface area contributed by atoms with Crippen LogP contribution >= 0.6 is 0 Å². The molecule has 0 amide bonds. The molecule has 0 aromatic heterocycles. The summed E-state index contributed by atoms with van der Waals surface area (Å²) in [5.74, 6) is 0. The van der Waals surface area contributed by atoms with Crippen LogP contribution < -0.4 is 5.32 Å². The Kier molecular flexibility index (Phi) is 4.56. The first-order valence-corrected chi connectivity index (χ1v) is 5.75. The Morgan fingerprint density at radius 1 is 1.47 bits per heavy atom. The van der Waals surface area contributed by atoms with E-state index in [1.54, 1.807) is 7.11 Å². The number of hydrogen-bond donors (Lipinski definition) is 1. The van der Waals surface area contributed by atoms with Crippen LogP contribution in [0.5, 0.6) is 0 Å². The highest BCUT2D eigenvalue weighted by Crippen LogP contribution is 2.21. The highest BCUT2D eigenvalue weighted by Gasteiger charge is 2.24. The molecule has 0 heterocycles. The highest BCUT2D eigenvalue weighted by molar-refractivity contribution is 4.94. The number of hydrogen-bond acceptors (Lipinski definition) is 3. The second kappa shape index (κ2) is 5.48. The second-order valence-corrected chi connectivity index (χ2v) is 5.10. The minimum Gasteiger partial charge on any atom is -0.381 e. The molecule has 0 spiro atoms. The Morgan fingerprint density at radius 3 is 2.80 bits per heavy atom. The van der Waals surface area contributed by atoms with Gasteiger partial charge in [0.25, 0.3) is 0 Å². The van der Waals surface area contributed by atoms with Gasteiger partial charge in [0.15, 0.2) is 0 Å². The summed E-state index contributed by atoms with van der Waals surface area (Å²) in [5.41, 5.74) is -0.264. The predicted octanol–water partition coefficient (Wildman–Crippen LogP) is 2.08. The summed E-state index contributed by atoms with van der Waals surface area (Å²) in [6.45, 7) is 4.71. The molecule has 0 bridgehead atoms. The van der Waals surface area contributed by atoms with Crippen LogP contribution in [0.2, 0.25) is 0 Å². The molecular weight excluding hydrogens is 188 g/mol. The van der Waals surface area contributed by atoms with Gasteiger partial charge in [-0.25, -0.2) is 0 Å². The summed E-state index contributed by atoms with van der Waals surface area (Å²) in [6, 6.07) is 2.84. The molecule has 1 saturated carbocycles. The van der Waals surface area contributed by atoms with E-state index in [1.165, 1.54) is 19.3 Å². The van der Waals surface area contributed by atoms with E-state index in [4.69, 9.17) is 10.00 Å². The van der Waals surface area contributed by atoms with E-state index in [2.05, 4.69) is 11.4 Å². The van der Waals surface area contributed by atoms with E-state index < -0.39 is 0 Å². The average molecular weight is 210 g/mol. The van der Waals surface area contributed by atoms with Crippen LogP contribution in [0.1, 0.15) is 39.5 Å². The van der Waals surface area contributed by atoms with Crippen molar-refractivity contribution >= 4 is 0 Å². The topological polar surface area (TPSA) is 45.0 Å². The molecule has 2 atom stereocenters. The van der Waals surface area contributed by atoms with Gasteiger partial charge in [0.1, 0.15) is 0 Å². The summed E-state index contributed by atoms with van der Waals surface area (Å²) >= 11 is 0. The van der Waals surface area contributed by atoms with Crippen LogP contribution in [0.4, 0.5) is 0 Å². The van der Waals surface area contributed by atoms with E-state index in [0.29, 0.717) is 12.1 Å². The summed E-state index contributed by atoms with van der Waals surface area (Å²) in [5, 5.41) is 12.4. The first-order chi connectivity index (χ1) is 7.07. The quantitative estimate of drug-likeness (QED) is 0.772. The van der Waals surface area contributed by atoms with Gasteiger partial charge in [-0.1, -0.05) is 0 Å². The zero-order valence-electron chi connectivity index (χ0n) is 10.0. The highest BCUT2D eigenvalue weighted by atomic mass is 16.5.